The lowest BCUT2D eigenvalue weighted by molar-refractivity contribution is 0.337. The van der Waals surface area contributed by atoms with Crippen LogP contribution in [0.1, 0.15) is 31.2 Å². The zero-order valence-electron chi connectivity index (χ0n) is 11.9. The van der Waals surface area contributed by atoms with Crippen molar-refractivity contribution >= 4 is 23.1 Å². The second-order valence-electron chi connectivity index (χ2n) is 6.40. The molecule has 3 nitrogen and oxygen atoms in total. The first-order chi connectivity index (χ1) is 9.54. The smallest absolute Gasteiger partial charge is 0.122 e. The van der Waals surface area contributed by atoms with Gasteiger partial charge in [-0.3, -0.25) is 5.41 Å². The molecular formula is C16H22ClN3. The molecule has 2 fully saturated rings. The highest BCUT2D eigenvalue weighted by atomic mass is 35.5. The highest BCUT2D eigenvalue weighted by Crippen LogP contribution is 2.48. The fraction of sp³-hybridized carbons (Fsp3) is 0.562. The number of nitrogen functional groups attached to an aromatic ring is 1. The lowest BCUT2D eigenvalue weighted by Gasteiger charge is -2.29. The summed E-state index contributed by atoms with van der Waals surface area (Å²) in [4.78, 5) is 2.26. The average Bonchev–Trinajstić information content (AvgIpc) is 3.00. The fourth-order valence-corrected chi connectivity index (χ4v) is 4.36. The number of benzene rings is 1. The standard InChI is InChI=1S/C16H22ClN3/c1-20(9-13-7-10-2-3-11(13)6-10)15-5-4-12(16(18)19)8-14(15)17/h4-5,8,10-11,13H,2-3,6-7,9H2,1H3,(H3,18,19). The number of amidine groups is 1. The van der Waals surface area contributed by atoms with Crippen molar-refractivity contribution in [1.82, 2.24) is 0 Å². The van der Waals surface area contributed by atoms with Gasteiger partial charge in [-0.2, -0.15) is 0 Å². The molecule has 2 aliphatic carbocycles. The maximum Gasteiger partial charge on any atom is 0.122 e. The Morgan fingerprint density at radius 2 is 2.20 bits per heavy atom. The molecule has 0 amide bonds. The van der Waals surface area contributed by atoms with Gasteiger partial charge in [-0.1, -0.05) is 18.0 Å². The molecule has 108 valence electrons. The van der Waals surface area contributed by atoms with Gasteiger partial charge in [0.1, 0.15) is 5.84 Å². The van der Waals surface area contributed by atoms with Crippen molar-refractivity contribution in [1.29, 1.82) is 5.41 Å². The van der Waals surface area contributed by atoms with Gasteiger partial charge < -0.3 is 10.6 Å². The van der Waals surface area contributed by atoms with E-state index in [9.17, 15) is 0 Å². The first-order valence-electron chi connectivity index (χ1n) is 7.39. The number of nitrogens with two attached hydrogens (primary N) is 1. The van der Waals surface area contributed by atoms with Gasteiger partial charge in [0.05, 0.1) is 10.7 Å². The Morgan fingerprint density at radius 1 is 1.40 bits per heavy atom. The van der Waals surface area contributed by atoms with Crippen molar-refractivity contribution in [3.05, 3.63) is 28.8 Å². The van der Waals surface area contributed by atoms with E-state index in [1.807, 2.05) is 12.1 Å². The number of hydrogen-bond donors (Lipinski definition) is 2. The van der Waals surface area contributed by atoms with Crippen LogP contribution < -0.4 is 10.6 Å². The summed E-state index contributed by atoms with van der Waals surface area (Å²) >= 11 is 6.34. The predicted molar refractivity (Wildman–Crippen MR) is 84.7 cm³/mol. The topological polar surface area (TPSA) is 53.1 Å². The Balaban J connectivity index is 1.71. The molecule has 0 saturated heterocycles. The highest BCUT2D eigenvalue weighted by molar-refractivity contribution is 6.33. The van der Waals surface area contributed by atoms with Crippen LogP contribution in [0.3, 0.4) is 0 Å². The number of nitrogens with one attached hydrogen (secondary N) is 1. The summed E-state index contributed by atoms with van der Waals surface area (Å²) < 4.78 is 0. The van der Waals surface area contributed by atoms with E-state index in [0.717, 1.165) is 30.0 Å². The number of anilines is 1. The van der Waals surface area contributed by atoms with Crippen molar-refractivity contribution in [3.63, 3.8) is 0 Å². The minimum atomic E-state index is 0.0641. The lowest BCUT2D eigenvalue weighted by Crippen LogP contribution is -2.28. The summed E-state index contributed by atoms with van der Waals surface area (Å²) in [5.41, 5.74) is 7.22. The summed E-state index contributed by atoms with van der Waals surface area (Å²) in [6.07, 6.45) is 5.69. The molecule has 3 unspecified atom stereocenters. The minimum absolute atomic E-state index is 0.0641. The SMILES string of the molecule is CN(CC1CC2CCC1C2)c1ccc(C(=N)N)cc1Cl. The molecule has 1 aromatic rings. The van der Waals surface area contributed by atoms with Crippen molar-refractivity contribution in [2.45, 2.75) is 25.7 Å². The zero-order valence-corrected chi connectivity index (χ0v) is 12.7. The number of fused-ring (bicyclic) bond motifs is 2. The summed E-state index contributed by atoms with van der Waals surface area (Å²) in [6.45, 7) is 1.08. The molecule has 2 saturated carbocycles. The molecule has 0 heterocycles. The Hall–Kier alpha value is -1.22. The van der Waals surface area contributed by atoms with E-state index in [-0.39, 0.29) is 5.84 Å². The third kappa shape index (κ3) is 2.51. The van der Waals surface area contributed by atoms with Crippen LogP contribution in [0.15, 0.2) is 18.2 Å². The number of halogens is 1. The van der Waals surface area contributed by atoms with E-state index >= 15 is 0 Å². The number of rotatable bonds is 4. The predicted octanol–water partition coefficient (Wildman–Crippen LogP) is 3.50. The first-order valence-corrected chi connectivity index (χ1v) is 7.77. The molecular weight excluding hydrogens is 270 g/mol. The fourth-order valence-electron chi connectivity index (χ4n) is 4.03. The summed E-state index contributed by atoms with van der Waals surface area (Å²) in [6, 6.07) is 5.64. The van der Waals surface area contributed by atoms with Crippen LogP contribution in [-0.2, 0) is 0 Å². The van der Waals surface area contributed by atoms with Crippen LogP contribution in [0.2, 0.25) is 5.02 Å². The molecule has 2 aliphatic rings. The van der Waals surface area contributed by atoms with Gasteiger partial charge in [0.15, 0.2) is 0 Å². The molecule has 20 heavy (non-hydrogen) atoms. The van der Waals surface area contributed by atoms with Crippen molar-refractivity contribution in [2.75, 3.05) is 18.5 Å². The van der Waals surface area contributed by atoms with E-state index in [1.165, 1.54) is 25.7 Å². The summed E-state index contributed by atoms with van der Waals surface area (Å²) in [7, 11) is 2.11. The summed E-state index contributed by atoms with van der Waals surface area (Å²) in [5, 5.41) is 8.14. The third-order valence-electron chi connectivity index (χ3n) is 5.06. The number of hydrogen-bond acceptors (Lipinski definition) is 2. The van der Waals surface area contributed by atoms with Crippen molar-refractivity contribution < 1.29 is 0 Å². The molecule has 1 aromatic carbocycles. The van der Waals surface area contributed by atoms with Crippen molar-refractivity contribution in [2.24, 2.45) is 23.5 Å². The second-order valence-corrected chi connectivity index (χ2v) is 6.80. The van der Waals surface area contributed by atoms with Crippen LogP contribution in [0.25, 0.3) is 0 Å². The van der Waals surface area contributed by atoms with Gasteiger partial charge in [-0.25, -0.2) is 0 Å². The van der Waals surface area contributed by atoms with Gasteiger partial charge in [0, 0.05) is 19.2 Å². The van der Waals surface area contributed by atoms with Crippen LogP contribution >= 0.6 is 11.6 Å². The van der Waals surface area contributed by atoms with E-state index in [2.05, 4.69) is 11.9 Å². The Morgan fingerprint density at radius 3 is 2.75 bits per heavy atom. The largest absolute Gasteiger partial charge is 0.384 e. The van der Waals surface area contributed by atoms with E-state index in [4.69, 9.17) is 22.7 Å². The van der Waals surface area contributed by atoms with E-state index in [0.29, 0.717) is 10.6 Å². The third-order valence-corrected chi connectivity index (χ3v) is 5.37. The second kappa shape index (κ2) is 5.28. The molecule has 3 atom stereocenters. The highest BCUT2D eigenvalue weighted by Gasteiger charge is 2.39. The number of nitrogens with zero attached hydrogens (tertiary/aromatic N) is 1. The maximum absolute atomic E-state index is 7.45. The normalized spacial score (nSPS) is 27.8. The molecule has 0 aromatic heterocycles. The van der Waals surface area contributed by atoms with Crippen LogP contribution in [-0.4, -0.2) is 19.4 Å². The maximum atomic E-state index is 7.45. The van der Waals surface area contributed by atoms with Crippen LogP contribution in [0.4, 0.5) is 5.69 Å². The van der Waals surface area contributed by atoms with E-state index in [1.54, 1.807) is 6.07 Å². The summed E-state index contributed by atoms with van der Waals surface area (Å²) in [5.74, 6) is 2.79. The molecule has 4 heteroatoms. The van der Waals surface area contributed by atoms with Gasteiger partial charge in [-0.15, -0.1) is 0 Å². The Labute approximate surface area is 125 Å². The van der Waals surface area contributed by atoms with Crippen LogP contribution in [0.5, 0.6) is 0 Å². The minimum Gasteiger partial charge on any atom is -0.384 e. The van der Waals surface area contributed by atoms with Gasteiger partial charge in [0.2, 0.25) is 0 Å². The Kier molecular flexibility index (Phi) is 3.63. The molecule has 0 radical (unpaired) electrons. The molecule has 0 spiro atoms. The monoisotopic (exact) mass is 291 g/mol. The molecule has 0 aliphatic heterocycles. The quantitative estimate of drug-likeness (QED) is 0.659. The zero-order chi connectivity index (χ0) is 14.3. The molecule has 3 N–H and O–H groups in total. The van der Waals surface area contributed by atoms with Crippen LogP contribution in [0, 0.1) is 23.2 Å². The van der Waals surface area contributed by atoms with E-state index < -0.39 is 0 Å². The first kappa shape index (κ1) is 13.7. The van der Waals surface area contributed by atoms with Gasteiger partial charge >= 0.3 is 0 Å². The van der Waals surface area contributed by atoms with Gasteiger partial charge in [0.25, 0.3) is 0 Å². The Bertz CT molecular complexity index is 528. The lowest BCUT2D eigenvalue weighted by atomic mass is 9.88. The molecule has 2 bridgehead atoms. The average molecular weight is 292 g/mol. The molecule has 3 rings (SSSR count). The van der Waals surface area contributed by atoms with Gasteiger partial charge in [-0.05, 0) is 55.2 Å². The van der Waals surface area contributed by atoms with Crippen molar-refractivity contribution in [3.8, 4) is 0 Å².